The Morgan fingerprint density at radius 1 is 1.14 bits per heavy atom. The van der Waals surface area contributed by atoms with Gasteiger partial charge in [-0.05, 0) is 24.3 Å². The number of benzene rings is 1. The number of rotatable bonds is 3. The Balaban J connectivity index is 2.14. The molecular weight excluding hydrogens is 284 g/mol. The number of hydrogen-bond donors (Lipinski definition) is 3. The number of urea groups is 1. The highest BCUT2D eigenvalue weighted by Crippen LogP contribution is 2.16. The van der Waals surface area contributed by atoms with Gasteiger partial charge in [0.2, 0.25) is 0 Å². The number of hydrogen-bond acceptors (Lipinski definition) is 3. The molecule has 0 saturated carbocycles. The number of carbonyl (C=O) groups is 2. The van der Waals surface area contributed by atoms with Crippen LogP contribution in [0.2, 0.25) is 0 Å². The molecule has 1 heterocycles. The normalized spacial score (nSPS) is 10.0. The summed E-state index contributed by atoms with van der Waals surface area (Å²) in [6.45, 7) is 0. The van der Waals surface area contributed by atoms with Crippen LogP contribution in [-0.2, 0) is 0 Å². The largest absolute Gasteiger partial charge is 0.478 e. The summed E-state index contributed by atoms with van der Waals surface area (Å²) >= 11 is 0. The van der Waals surface area contributed by atoms with Crippen LogP contribution in [0.25, 0.3) is 0 Å². The van der Waals surface area contributed by atoms with Gasteiger partial charge in [0.1, 0.15) is 23.0 Å². The molecule has 0 bridgehead atoms. The van der Waals surface area contributed by atoms with Gasteiger partial charge in [-0.25, -0.2) is 23.4 Å². The lowest BCUT2D eigenvalue weighted by Gasteiger charge is -2.09. The van der Waals surface area contributed by atoms with Crippen molar-refractivity contribution >= 4 is 23.5 Å². The monoisotopic (exact) mass is 293 g/mol. The number of aromatic nitrogens is 1. The van der Waals surface area contributed by atoms with Crippen molar-refractivity contribution in [3.63, 3.8) is 0 Å². The van der Waals surface area contributed by atoms with Crippen LogP contribution >= 0.6 is 0 Å². The number of anilines is 2. The second-order valence-electron chi connectivity index (χ2n) is 3.91. The first-order valence-corrected chi connectivity index (χ1v) is 5.69. The summed E-state index contributed by atoms with van der Waals surface area (Å²) in [6.07, 6.45) is 1.29. The molecule has 1 aromatic carbocycles. The third-order valence-corrected chi connectivity index (χ3v) is 2.45. The van der Waals surface area contributed by atoms with Gasteiger partial charge in [0, 0.05) is 12.3 Å². The molecule has 0 fully saturated rings. The third-order valence-electron chi connectivity index (χ3n) is 2.45. The van der Waals surface area contributed by atoms with Crippen LogP contribution in [0.15, 0.2) is 36.5 Å². The van der Waals surface area contributed by atoms with E-state index in [-0.39, 0.29) is 17.1 Å². The quantitative estimate of drug-likeness (QED) is 0.811. The summed E-state index contributed by atoms with van der Waals surface area (Å²) in [5.41, 5.74) is -0.464. The molecule has 8 heteroatoms. The van der Waals surface area contributed by atoms with E-state index in [4.69, 9.17) is 5.11 Å². The van der Waals surface area contributed by atoms with Gasteiger partial charge in [0.15, 0.2) is 0 Å². The lowest BCUT2D eigenvalue weighted by molar-refractivity contribution is 0.0697. The first-order valence-electron chi connectivity index (χ1n) is 5.69. The number of amides is 2. The third kappa shape index (κ3) is 3.50. The van der Waals surface area contributed by atoms with Crippen LogP contribution in [0, 0.1) is 11.6 Å². The number of carboxylic acid groups (broad SMARTS) is 1. The van der Waals surface area contributed by atoms with Gasteiger partial charge in [-0.1, -0.05) is 0 Å². The number of halogens is 2. The van der Waals surface area contributed by atoms with Crippen molar-refractivity contribution in [2.24, 2.45) is 0 Å². The first kappa shape index (κ1) is 14.4. The fourth-order valence-corrected chi connectivity index (χ4v) is 1.53. The molecule has 0 aliphatic heterocycles. The number of pyridine rings is 1. The molecule has 1 aromatic heterocycles. The van der Waals surface area contributed by atoms with E-state index < -0.39 is 23.6 Å². The minimum absolute atomic E-state index is 0.190. The molecule has 0 atom stereocenters. The number of carbonyl (C=O) groups excluding carboxylic acids is 1. The van der Waals surface area contributed by atoms with Crippen LogP contribution in [0.5, 0.6) is 0 Å². The maximum atomic E-state index is 13.4. The van der Waals surface area contributed by atoms with Gasteiger partial charge in [-0.2, -0.15) is 0 Å². The maximum Gasteiger partial charge on any atom is 0.339 e. The van der Waals surface area contributed by atoms with Gasteiger partial charge >= 0.3 is 12.0 Å². The number of nitrogens with zero attached hydrogens (tertiary/aromatic N) is 1. The molecule has 0 unspecified atom stereocenters. The Hall–Kier alpha value is -3.03. The molecular formula is C13H9F2N3O3. The fourth-order valence-electron chi connectivity index (χ4n) is 1.53. The standard InChI is InChI=1S/C13H9F2N3O3/c14-7-3-4-10(9(15)6-7)17-13(21)18-11-8(12(19)20)2-1-5-16-11/h1-6H,(H,19,20)(H2,16,17,18,21). The van der Waals surface area contributed by atoms with Crippen LogP contribution in [-0.4, -0.2) is 22.1 Å². The Morgan fingerprint density at radius 2 is 1.90 bits per heavy atom. The zero-order valence-corrected chi connectivity index (χ0v) is 10.4. The van der Waals surface area contributed by atoms with E-state index in [2.05, 4.69) is 15.6 Å². The summed E-state index contributed by atoms with van der Waals surface area (Å²) in [7, 11) is 0. The molecule has 2 rings (SSSR count). The summed E-state index contributed by atoms with van der Waals surface area (Å²) in [5, 5.41) is 13.2. The number of carboxylic acids is 1. The van der Waals surface area contributed by atoms with Crippen LogP contribution in [0.1, 0.15) is 10.4 Å². The number of nitrogens with one attached hydrogen (secondary N) is 2. The lowest BCUT2D eigenvalue weighted by atomic mass is 10.2. The van der Waals surface area contributed by atoms with Crippen molar-refractivity contribution in [2.45, 2.75) is 0 Å². The molecule has 108 valence electrons. The second kappa shape index (κ2) is 5.95. The van der Waals surface area contributed by atoms with Crippen molar-refractivity contribution < 1.29 is 23.5 Å². The van der Waals surface area contributed by atoms with Crippen LogP contribution in [0.4, 0.5) is 25.1 Å². The topological polar surface area (TPSA) is 91.3 Å². The van der Waals surface area contributed by atoms with Gasteiger partial charge in [0.05, 0.1) is 5.69 Å². The smallest absolute Gasteiger partial charge is 0.339 e. The average molecular weight is 293 g/mol. The molecule has 3 N–H and O–H groups in total. The van der Waals surface area contributed by atoms with Gasteiger partial charge in [-0.3, -0.25) is 5.32 Å². The predicted octanol–water partition coefficient (Wildman–Crippen LogP) is 2.70. The molecule has 0 radical (unpaired) electrons. The predicted molar refractivity (Wildman–Crippen MR) is 70.2 cm³/mol. The van der Waals surface area contributed by atoms with Crippen molar-refractivity contribution in [2.75, 3.05) is 10.6 Å². The highest BCUT2D eigenvalue weighted by atomic mass is 19.1. The minimum Gasteiger partial charge on any atom is -0.478 e. The van der Waals surface area contributed by atoms with E-state index >= 15 is 0 Å². The van der Waals surface area contributed by atoms with Crippen molar-refractivity contribution in [3.8, 4) is 0 Å². The maximum absolute atomic E-state index is 13.4. The summed E-state index contributed by atoms with van der Waals surface area (Å²) in [6, 6.07) is 4.37. The van der Waals surface area contributed by atoms with Crippen LogP contribution < -0.4 is 10.6 Å². The summed E-state index contributed by atoms with van der Waals surface area (Å²) in [4.78, 5) is 26.3. The van der Waals surface area contributed by atoms with Gasteiger partial charge < -0.3 is 10.4 Å². The number of aromatic carboxylic acids is 1. The zero-order chi connectivity index (χ0) is 15.4. The first-order chi connectivity index (χ1) is 9.97. The van der Waals surface area contributed by atoms with Crippen molar-refractivity contribution in [1.82, 2.24) is 4.98 Å². The molecule has 2 amide bonds. The Labute approximate surface area is 117 Å². The van der Waals surface area contributed by atoms with Crippen molar-refractivity contribution in [1.29, 1.82) is 0 Å². The Morgan fingerprint density at radius 3 is 2.57 bits per heavy atom. The van der Waals surface area contributed by atoms with E-state index in [1.807, 2.05) is 0 Å². The van der Waals surface area contributed by atoms with E-state index in [0.717, 1.165) is 12.1 Å². The molecule has 0 aliphatic carbocycles. The summed E-state index contributed by atoms with van der Waals surface area (Å²) in [5.74, 6) is -3.20. The molecule has 2 aromatic rings. The average Bonchev–Trinajstić information content (AvgIpc) is 2.42. The molecule has 0 aliphatic rings. The highest BCUT2D eigenvalue weighted by molar-refractivity contribution is 6.03. The zero-order valence-electron chi connectivity index (χ0n) is 10.4. The fraction of sp³-hybridized carbons (Fsp3) is 0. The molecule has 6 nitrogen and oxygen atoms in total. The Kier molecular flexibility index (Phi) is 4.07. The van der Waals surface area contributed by atoms with Gasteiger partial charge in [0.25, 0.3) is 0 Å². The van der Waals surface area contributed by atoms with Crippen molar-refractivity contribution in [3.05, 3.63) is 53.7 Å². The van der Waals surface area contributed by atoms with E-state index in [0.29, 0.717) is 6.07 Å². The van der Waals surface area contributed by atoms with E-state index in [1.165, 1.54) is 18.3 Å². The Bertz CT molecular complexity index is 707. The molecule has 0 spiro atoms. The highest BCUT2D eigenvalue weighted by Gasteiger charge is 2.14. The molecule has 21 heavy (non-hydrogen) atoms. The second-order valence-corrected chi connectivity index (χ2v) is 3.91. The molecule has 0 saturated heterocycles. The van der Waals surface area contributed by atoms with Gasteiger partial charge in [-0.15, -0.1) is 0 Å². The SMILES string of the molecule is O=C(Nc1ccc(F)cc1F)Nc1ncccc1C(=O)O. The lowest BCUT2D eigenvalue weighted by Crippen LogP contribution is -2.22. The van der Waals surface area contributed by atoms with Crippen LogP contribution in [0.3, 0.4) is 0 Å². The minimum atomic E-state index is -1.27. The summed E-state index contributed by atoms with van der Waals surface area (Å²) < 4.78 is 26.1. The van der Waals surface area contributed by atoms with E-state index in [9.17, 15) is 18.4 Å². The van der Waals surface area contributed by atoms with E-state index in [1.54, 1.807) is 0 Å².